The molecule has 20 heavy (non-hydrogen) atoms. The van der Waals surface area contributed by atoms with Crippen molar-refractivity contribution in [2.45, 2.75) is 40.7 Å². The second-order valence-corrected chi connectivity index (χ2v) is 5.94. The van der Waals surface area contributed by atoms with Gasteiger partial charge in [-0.1, -0.05) is 26.0 Å². The lowest BCUT2D eigenvalue weighted by Gasteiger charge is -2.14. The number of nitrogens with one attached hydrogen (secondary N) is 2. The van der Waals surface area contributed by atoms with Crippen LogP contribution in [0.15, 0.2) is 17.1 Å². The molecule has 0 aromatic heterocycles. The predicted octanol–water partition coefficient (Wildman–Crippen LogP) is 2.38. The fourth-order valence-corrected chi connectivity index (χ4v) is 2.30. The van der Waals surface area contributed by atoms with Crippen molar-refractivity contribution in [3.63, 3.8) is 0 Å². The van der Waals surface area contributed by atoms with E-state index in [2.05, 4.69) is 55.5 Å². The van der Waals surface area contributed by atoms with Crippen LogP contribution < -0.4 is 10.6 Å². The quantitative estimate of drug-likeness (QED) is 0.888. The summed E-state index contributed by atoms with van der Waals surface area (Å²) in [5.74, 6) is 1.04. The molecule has 4 nitrogen and oxygen atoms in total. The monoisotopic (exact) mass is 273 g/mol. The Labute approximate surface area is 120 Å². The maximum atomic E-state index is 12.1. The molecule has 0 bridgehead atoms. The Hall–Kier alpha value is -1.84. The van der Waals surface area contributed by atoms with Crippen molar-refractivity contribution in [2.75, 3.05) is 6.54 Å². The van der Waals surface area contributed by atoms with E-state index >= 15 is 0 Å². The lowest BCUT2D eigenvalue weighted by Crippen LogP contribution is -2.26. The van der Waals surface area contributed by atoms with E-state index in [1.807, 2.05) is 6.92 Å². The summed E-state index contributed by atoms with van der Waals surface area (Å²) in [6.07, 6.45) is 0. The van der Waals surface area contributed by atoms with Gasteiger partial charge in [-0.25, -0.2) is 0 Å². The highest BCUT2D eigenvalue weighted by Gasteiger charge is 2.30. The number of aliphatic imine (C=N–C) groups is 1. The minimum Gasteiger partial charge on any atom is -0.340 e. The van der Waals surface area contributed by atoms with Gasteiger partial charge < -0.3 is 5.32 Å². The first-order valence-corrected chi connectivity index (χ1v) is 7.08. The number of hydrogen-bond donors (Lipinski definition) is 2. The van der Waals surface area contributed by atoms with Crippen molar-refractivity contribution in [3.8, 4) is 0 Å². The van der Waals surface area contributed by atoms with Gasteiger partial charge in [-0.05, 0) is 48.9 Å². The van der Waals surface area contributed by atoms with Crippen LogP contribution in [0.3, 0.4) is 0 Å². The van der Waals surface area contributed by atoms with Gasteiger partial charge in [0, 0.05) is 6.54 Å². The third-order valence-corrected chi connectivity index (χ3v) is 3.59. The van der Waals surface area contributed by atoms with Gasteiger partial charge in [-0.15, -0.1) is 0 Å². The van der Waals surface area contributed by atoms with Crippen LogP contribution in [0.4, 0.5) is 0 Å². The molecule has 1 heterocycles. The van der Waals surface area contributed by atoms with Crippen molar-refractivity contribution in [1.29, 1.82) is 0 Å². The Balaban J connectivity index is 2.24. The highest BCUT2D eigenvalue weighted by atomic mass is 16.2. The lowest BCUT2D eigenvalue weighted by atomic mass is 9.96. The zero-order valence-electron chi connectivity index (χ0n) is 12.9. The van der Waals surface area contributed by atoms with Crippen LogP contribution in [0.1, 0.15) is 42.1 Å². The molecule has 4 heteroatoms. The van der Waals surface area contributed by atoms with E-state index < -0.39 is 0 Å². The number of nitrogens with zero attached hydrogens (tertiary/aromatic N) is 1. The Morgan fingerprint density at radius 2 is 1.80 bits per heavy atom. The average molecular weight is 273 g/mol. The van der Waals surface area contributed by atoms with Gasteiger partial charge in [0.05, 0.1) is 0 Å². The maximum Gasteiger partial charge on any atom is 0.253 e. The normalized spacial score (nSPS) is 20.4. The van der Waals surface area contributed by atoms with Gasteiger partial charge in [0.1, 0.15) is 6.04 Å². The molecule has 0 radical (unpaired) electrons. The van der Waals surface area contributed by atoms with Gasteiger partial charge in [-0.2, -0.15) is 0 Å². The summed E-state index contributed by atoms with van der Waals surface area (Å²) in [5.41, 5.74) is 4.61. The Kier molecular flexibility index (Phi) is 4.12. The van der Waals surface area contributed by atoms with Gasteiger partial charge in [-0.3, -0.25) is 15.1 Å². The minimum absolute atomic E-state index is 0.0288. The average Bonchev–Trinajstić information content (AvgIpc) is 2.72. The summed E-state index contributed by atoms with van der Waals surface area (Å²) in [5, 5.41) is 6.01. The van der Waals surface area contributed by atoms with Crippen LogP contribution in [-0.4, -0.2) is 18.4 Å². The molecule has 0 aliphatic carbocycles. The molecule has 1 aromatic rings. The summed E-state index contributed by atoms with van der Waals surface area (Å²) in [6.45, 7) is 11.1. The summed E-state index contributed by atoms with van der Waals surface area (Å²) in [6, 6.07) is 3.89. The fraction of sp³-hybridized carbons (Fsp3) is 0.500. The summed E-state index contributed by atoms with van der Waals surface area (Å²) < 4.78 is 0. The summed E-state index contributed by atoms with van der Waals surface area (Å²) in [7, 11) is 0. The van der Waals surface area contributed by atoms with Crippen molar-refractivity contribution in [1.82, 2.24) is 10.6 Å². The number of carbonyl (C=O) groups excluding carboxylic acids is 1. The Bertz CT molecular complexity index is 561. The molecule has 0 saturated carbocycles. The standard InChI is InChI=1S/C16H23N3O/c1-9(2)8-17-16-18-14(15(20)19-16)13-7-11(4)10(3)6-12(13)5/h6-7,9,14H,8H2,1-5H3,(H2,17,18,19,20). The van der Waals surface area contributed by atoms with E-state index in [1.165, 1.54) is 11.1 Å². The van der Waals surface area contributed by atoms with E-state index in [9.17, 15) is 4.79 Å². The summed E-state index contributed by atoms with van der Waals surface area (Å²) >= 11 is 0. The van der Waals surface area contributed by atoms with Crippen LogP contribution in [0.5, 0.6) is 0 Å². The molecule has 1 aliphatic rings. The number of guanidine groups is 1. The number of hydrogen-bond acceptors (Lipinski definition) is 2. The number of amides is 1. The molecule has 2 rings (SSSR count). The molecule has 1 fully saturated rings. The first-order chi connectivity index (χ1) is 9.38. The Morgan fingerprint density at radius 1 is 1.15 bits per heavy atom. The van der Waals surface area contributed by atoms with Crippen LogP contribution in [0, 0.1) is 26.7 Å². The van der Waals surface area contributed by atoms with Crippen molar-refractivity contribution < 1.29 is 4.79 Å². The van der Waals surface area contributed by atoms with E-state index in [-0.39, 0.29) is 11.9 Å². The van der Waals surface area contributed by atoms with Crippen LogP contribution in [0.25, 0.3) is 0 Å². The smallest absolute Gasteiger partial charge is 0.253 e. The number of rotatable bonds is 3. The molecule has 1 aromatic carbocycles. The van der Waals surface area contributed by atoms with Crippen LogP contribution in [-0.2, 0) is 4.79 Å². The molecule has 1 unspecified atom stereocenters. The molecule has 1 saturated heterocycles. The van der Waals surface area contributed by atoms with Crippen molar-refractivity contribution in [3.05, 3.63) is 34.4 Å². The third-order valence-electron chi connectivity index (χ3n) is 3.59. The highest BCUT2D eigenvalue weighted by molar-refractivity contribution is 6.06. The lowest BCUT2D eigenvalue weighted by molar-refractivity contribution is -0.120. The number of benzene rings is 1. The first kappa shape index (κ1) is 14.6. The number of aryl methyl sites for hydroxylation is 3. The molecule has 0 spiro atoms. The van der Waals surface area contributed by atoms with Crippen molar-refractivity contribution >= 4 is 11.9 Å². The highest BCUT2D eigenvalue weighted by Crippen LogP contribution is 2.24. The zero-order chi connectivity index (χ0) is 14.9. The van der Waals surface area contributed by atoms with Gasteiger partial charge in [0.15, 0.2) is 5.96 Å². The van der Waals surface area contributed by atoms with E-state index in [0.717, 1.165) is 11.1 Å². The maximum absolute atomic E-state index is 12.1. The van der Waals surface area contributed by atoms with Gasteiger partial charge >= 0.3 is 0 Å². The molecule has 2 N–H and O–H groups in total. The van der Waals surface area contributed by atoms with Crippen molar-refractivity contribution in [2.24, 2.45) is 10.9 Å². The van der Waals surface area contributed by atoms with Gasteiger partial charge in [0.25, 0.3) is 5.91 Å². The van der Waals surface area contributed by atoms with Gasteiger partial charge in [0.2, 0.25) is 0 Å². The SMILES string of the molecule is Cc1cc(C)c(C2NC(=NCC(C)C)NC2=O)cc1C. The van der Waals surface area contributed by atoms with E-state index in [0.29, 0.717) is 18.4 Å². The minimum atomic E-state index is -0.333. The van der Waals surface area contributed by atoms with Crippen LogP contribution in [0.2, 0.25) is 0 Å². The summed E-state index contributed by atoms with van der Waals surface area (Å²) in [4.78, 5) is 16.5. The fourth-order valence-electron chi connectivity index (χ4n) is 2.30. The molecular formula is C16H23N3O. The molecule has 108 valence electrons. The largest absolute Gasteiger partial charge is 0.340 e. The second-order valence-electron chi connectivity index (χ2n) is 5.94. The predicted molar refractivity (Wildman–Crippen MR) is 81.8 cm³/mol. The first-order valence-electron chi connectivity index (χ1n) is 7.08. The third kappa shape index (κ3) is 3.00. The Morgan fingerprint density at radius 3 is 2.45 bits per heavy atom. The molecule has 1 aliphatic heterocycles. The zero-order valence-corrected chi connectivity index (χ0v) is 12.9. The molecule has 1 amide bonds. The topological polar surface area (TPSA) is 53.5 Å². The molecule has 1 atom stereocenters. The van der Waals surface area contributed by atoms with E-state index in [4.69, 9.17) is 0 Å². The van der Waals surface area contributed by atoms with Crippen LogP contribution >= 0.6 is 0 Å². The number of carbonyl (C=O) groups is 1. The second kappa shape index (κ2) is 5.65. The molecular weight excluding hydrogens is 250 g/mol. The van der Waals surface area contributed by atoms with E-state index in [1.54, 1.807) is 0 Å².